The highest BCUT2D eigenvalue weighted by molar-refractivity contribution is 7.99. The number of aromatic nitrogens is 1. The van der Waals surface area contributed by atoms with Crippen LogP contribution in [0.3, 0.4) is 0 Å². The SMILES string of the molecule is C1=NCc2ccc(Sc3ccncc3)cc2N1. The number of nitrogens with one attached hydrogen (secondary N) is 1. The molecule has 3 rings (SSSR count). The molecule has 0 fully saturated rings. The highest BCUT2D eigenvalue weighted by Gasteiger charge is 2.06. The van der Waals surface area contributed by atoms with E-state index in [1.807, 2.05) is 24.5 Å². The van der Waals surface area contributed by atoms with Crippen LogP contribution in [0.5, 0.6) is 0 Å². The molecule has 84 valence electrons. The Morgan fingerprint density at radius 3 is 2.82 bits per heavy atom. The lowest BCUT2D eigenvalue weighted by Gasteiger charge is -2.13. The molecule has 0 spiro atoms. The van der Waals surface area contributed by atoms with Gasteiger partial charge in [-0.05, 0) is 29.8 Å². The van der Waals surface area contributed by atoms with Crippen molar-refractivity contribution >= 4 is 23.8 Å². The van der Waals surface area contributed by atoms with Crippen LogP contribution in [0, 0.1) is 0 Å². The van der Waals surface area contributed by atoms with Crippen molar-refractivity contribution in [1.82, 2.24) is 4.98 Å². The van der Waals surface area contributed by atoms with E-state index >= 15 is 0 Å². The Morgan fingerprint density at radius 2 is 1.94 bits per heavy atom. The molecule has 0 bridgehead atoms. The van der Waals surface area contributed by atoms with E-state index in [9.17, 15) is 0 Å². The number of benzene rings is 1. The summed E-state index contributed by atoms with van der Waals surface area (Å²) >= 11 is 1.74. The summed E-state index contributed by atoms with van der Waals surface area (Å²) in [7, 11) is 0. The summed E-state index contributed by atoms with van der Waals surface area (Å²) in [5.74, 6) is 0. The molecule has 3 nitrogen and oxygen atoms in total. The molecule has 1 aliphatic rings. The molecule has 17 heavy (non-hydrogen) atoms. The number of nitrogens with zero attached hydrogens (tertiary/aromatic N) is 2. The van der Waals surface area contributed by atoms with Crippen LogP contribution in [0.25, 0.3) is 0 Å². The summed E-state index contributed by atoms with van der Waals surface area (Å²) in [5, 5.41) is 3.17. The van der Waals surface area contributed by atoms with E-state index in [2.05, 4.69) is 33.5 Å². The molecule has 1 aromatic heterocycles. The second-order valence-electron chi connectivity index (χ2n) is 3.72. The molecule has 2 heterocycles. The summed E-state index contributed by atoms with van der Waals surface area (Å²) < 4.78 is 0. The molecule has 1 aliphatic heterocycles. The maximum Gasteiger partial charge on any atom is 0.0872 e. The fraction of sp³-hybridized carbons (Fsp3) is 0.0769. The number of rotatable bonds is 2. The predicted molar refractivity (Wildman–Crippen MR) is 70.6 cm³/mol. The first kappa shape index (κ1) is 10.4. The molecule has 0 amide bonds. The minimum Gasteiger partial charge on any atom is -0.346 e. The lowest BCUT2D eigenvalue weighted by Crippen LogP contribution is -2.04. The summed E-state index contributed by atoms with van der Waals surface area (Å²) in [5.41, 5.74) is 2.39. The van der Waals surface area contributed by atoms with Crippen molar-refractivity contribution in [2.45, 2.75) is 16.3 Å². The van der Waals surface area contributed by atoms with Crippen LogP contribution < -0.4 is 5.32 Å². The van der Waals surface area contributed by atoms with Gasteiger partial charge in [-0.25, -0.2) is 0 Å². The average Bonchev–Trinajstić information content (AvgIpc) is 2.40. The molecular formula is C13H11N3S. The first-order valence-electron chi connectivity index (χ1n) is 5.37. The molecule has 0 aliphatic carbocycles. The van der Waals surface area contributed by atoms with E-state index < -0.39 is 0 Å². The summed E-state index contributed by atoms with van der Waals surface area (Å²) in [6.07, 6.45) is 5.38. The minimum atomic E-state index is 0.766. The standard InChI is InChI=1S/C13H11N3S/c1-2-12(17-11-3-5-14-6-4-11)7-13-10(1)8-15-9-16-13/h1-7,9H,8H2,(H,15,16). The Bertz CT molecular complexity index is 552. The van der Waals surface area contributed by atoms with Crippen LogP contribution in [0.4, 0.5) is 5.69 Å². The fourth-order valence-electron chi connectivity index (χ4n) is 1.69. The van der Waals surface area contributed by atoms with Gasteiger partial charge in [-0.3, -0.25) is 9.98 Å². The Hall–Kier alpha value is -1.81. The van der Waals surface area contributed by atoms with Gasteiger partial charge in [-0.15, -0.1) is 0 Å². The van der Waals surface area contributed by atoms with E-state index in [0.717, 1.165) is 12.2 Å². The van der Waals surface area contributed by atoms with Crippen LogP contribution in [0.1, 0.15) is 5.56 Å². The van der Waals surface area contributed by atoms with Crippen LogP contribution in [0.2, 0.25) is 0 Å². The van der Waals surface area contributed by atoms with Gasteiger partial charge < -0.3 is 5.32 Å². The monoisotopic (exact) mass is 241 g/mol. The van der Waals surface area contributed by atoms with E-state index in [0.29, 0.717) is 0 Å². The van der Waals surface area contributed by atoms with Gasteiger partial charge in [0.05, 0.1) is 12.9 Å². The van der Waals surface area contributed by atoms with Crippen molar-refractivity contribution in [1.29, 1.82) is 0 Å². The van der Waals surface area contributed by atoms with Crippen molar-refractivity contribution < 1.29 is 0 Å². The van der Waals surface area contributed by atoms with E-state index in [-0.39, 0.29) is 0 Å². The van der Waals surface area contributed by atoms with Gasteiger partial charge >= 0.3 is 0 Å². The van der Waals surface area contributed by atoms with Crippen LogP contribution in [0.15, 0.2) is 57.5 Å². The predicted octanol–water partition coefficient (Wildman–Crippen LogP) is 3.19. The number of aliphatic imine (C=N–C) groups is 1. The minimum absolute atomic E-state index is 0.766. The van der Waals surface area contributed by atoms with Crippen molar-refractivity contribution in [3.8, 4) is 0 Å². The molecule has 0 atom stereocenters. The number of pyridine rings is 1. The maximum atomic E-state index is 4.18. The van der Waals surface area contributed by atoms with Crippen LogP contribution in [-0.2, 0) is 6.54 Å². The highest BCUT2D eigenvalue weighted by Crippen LogP contribution is 2.31. The third-order valence-corrected chi connectivity index (χ3v) is 3.54. The van der Waals surface area contributed by atoms with Gasteiger partial charge in [0.1, 0.15) is 0 Å². The number of anilines is 1. The largest absolute Gasteiger partial charge is 0.346 e. The molecule has 0 radical (unpaired) electrons. The third kappa shape index (κ3) is 2.31. The van der Waals surface area contributed by atoms with Crippen molar-refractivity contribution in [3.05, 3.63) is 48.3 Å². The van der Waals surface area contributed by atoms with Gasteiger partial charge in [-0.1, -0.05) is 17.8 Å². The quantitative estimate of drug-likeness (QED) is 0.877. The zero-order valence-corrected chi connectivity index (χ0v) is 9.95. The van der Waals surface area contributed by atoms with Gasteiger partial charge in [0.25, 0.3) is 0 Å². The zero-order valence-electron chi connectivity index (χ0n) is 9.13. The van der Waals surface area contributed by atoms with E-state index in [1.165, 1.54) is 15.4 Å². The lowest BCUT2D eigenvalue weighted by atomic mass is 10.1. The summed E-state index contributed by atoms with van der Waals surface area (Å²) in [4.78, 5) is 10.6. The topological polar surface area (TPSA) is 37.3 Å². The Balaban J connectivity index is 1.86. The normalized spacial score (nSPS) is 12.9. The lowest BCUT2D eigenvalue weighted by molar-refractivity contribution is 1.05. The van der Waals surface area contributed by atoms with Gasteiger partial charge in [0.15, 0.2) is 0 Å². The highest BCUT2D eigenvalue weighted by atomic mass is 32.2. The van der Waals surface area contributed by atoms with Crippen LogP contribution in [-0.4, -0.2) is 11.3 Å². The average molecular weight is 241 g/mol. The Labute approximate surface area is 104 Å². The Kier molecular flexibility index (Phi) is 2.80. The van der Waals surface area contributed by atoms with Gasteiger partial charge in [0.2, 0.25) is 0 Å². The molecule has 2 aromatic rings. The Morgan fingerprint density at radius 1 is 1.06 bits per heavy atom. The summed E-state index contributed by atoms with van der Waals surface area (Å²) in [6, 6.07) is 10.4. The summed E-state index contributed by atoms with van der Waals surface area (Å²) in [6.45, 7) is 0.766. The van der Waals surface area contributed by atoms with E-state index in [4.69, 9.17) is 0 Å². The molecule has 0 unspecified atom stereocenters. The molecule has 1 aromatic carbocycles. The number of hydrogen-bond donors (Lipinski definition) is 1. The van der Waals surface area contributed by atoms with Crippen molar-refractivity contribution in [2.24, 2.45) is 4.99 Å². The van der Waals surface area contributed by atoms with E-state index in [1.54, 1.807) is 18.1 Å². The fourth-order valence-corrected chi connectivity index (χ4v) is 2.54. The van der Waals surface area contributed by atoms with Gasteiger partial charge in [-0.2, -0.15) is 0 Å². The first-order chi connectivity index (χ1) is 8.42. The number of hydrogen-bond acceptors (Lipinski definition) is 4. The maximum absolute atomic E-state index is 4.18. The number of fused-ring (bicyclic) bond motifs is 1. The molecule has 1 N–H and O–H groups in total. The molecular weight excluding hydrogens is 230 g/mol. The van der Waals surface area contributed by atoms with Crippen LogP contribution >= 0.6 is 11.8 Å². The first-order valence-corrected chi connectivity index (χ1v) is 6.19. The second kappa shape index (κ2) is 4.59. The van der Waals surface area contributed by atoms with Crippen molar-refractivity contribution in [2.75, 3.05) is 5.32 Å². The van der Waals surface area contributed by atoms with Crippen molar-refractivity contribution in [3.63, 3.8) is 0 Å². The smallest absolute Gasteiger partial charge is 0.0872 e. The third-order valence-electron chi connectivity index (χ3n) is 2.54. The second-order valence-corrected chi connectivity index (χ2v) is 4.86. The zero-order chi connectivity index (χ0) is 11.5. The van der Waals surface area contributed by atoms with Gasteiger partial charge in [0, 0.05) is 27.9 Å². The molecule has 0 saturated heterocycles. The molecule has 0 saturated carbocycles. The molecule has 4 heteroatoms.